The highest BCUT2D eigenvalue weighted by atomic mass is 32.1. The fraction of sp³-hybridized carbons (Fsp3) is 0.500. The number of hydrogen-bond acceptors (Lipinski definition) is 3. The normalized spacial score (nSPS) is 21.9. The first-order chi connectivity index (χ1) is 12.9. The molecule has 5 heteroatoms. The van der Waals surface area contributed by atoms with Crippen LogP contribution in [0.2, 0.25) is 0 Å². The van der Waals surface area contributed by atoms with Crippen molar-refractivity contribution in [3.05, 3.63) is 50.7 Å². The maximum Gasteiger partial charge on any atom is 0.261 e. The number of thiophene rings is 1. The molecule has 2 atom stereocenters. The number of alkyl halides is 1. The molecular weight excluding hydrogens is 361 g/mol. The molecule has 1 amide bonds. The molecule has 2 aromatic rings. The maximum absolute atomic E-state index is 12.8. The van der Waals surface area contributed by atoms with Gasteiger partial charge in [0, 0.05) is 11.4 Å². The van der Waals surface area contributed by atoms with Crippen LogP contribution in [0.1, 0.15) is 57.4 Å². The Morgan fingerprint density at radius 3 is 2.74 bits per heavy atom. The van der Waals surface area contributed by atoms with Crippen molar-refractivity contribution in [1.29, 1.82) is 0 Å². The summed E-state index contributed by atoms with van der Waals surface area (Å²) in [5.41, 5.74) is 4.16. The molecule has 2 aliphatic rings. The third kappa shape index (κ3) is 3.27. The number of nitrogens with one attached hydrogen (secondary N) is 1. The molecule has 1 aromatic heterocycles. The highest BCUT2D eigenvalue weighted by molar-refractivity contribution is 7.14. The van der Waals surface area contributed by atoms with Gasteiger partial charge in [-0.15, -0.1) is 11.3 Å². The number of ether oxygens (including phenoxy) is 1. The summed E-state index contributed by atoms with van der Waals surface area (Å²) >= 11 is 1.64. The van der Waals surface area contributed by atoms with Crippen molar-refractivity contribution in [2.24, 2.45) is 11.3 Å². The van der Waals surface area contributed by atoms with E-state index in [0.29, 0.717) is 29.5 Å². The molecule has 2 aliphatic carbocycles. The number of hydrogen-bond donors (Lipinski definition) is 1. The van der Waals surface area contributed by atoms with E-state index in [0.717, 1.165) is 16.9 Å². The van der Waals surface area contributed by atoms with Crippen molar-refractivity contribution < 1.29 is 13.9 Å². The quantitative estimate of drug-likeness (QED) is 0.756. The molecule has 0 radical (unpaired) electrons. The van der Waals surface area contributed by atoms with Gasteiger partial charge in [0.05, 0.1) is 4.88 Å². The number of rotatable bonds is 6. The van der Waals surface area contributed by atoms with Crippen molar-refractivity contribution in [2.75, 3.05) is 13.3 Å². The molecule has 0 bridgehead atoms. The number of carbonyl (C=O) groups excluding carboxylic acids is 1. The number of aryl methyl sites for hydroxylation is 1. The van der Waals surface area contributed by atoms with E-state index >= 15 is 0 Å². The van der Waals surface area contributed by atoms with Gasteiger partial charge in [0.15, 0.2) is 0 Å². The van der Waals surface area contributed by atoms with Gasteiger partial charge in [-0.3, -0.25) is 4.79 Å². The molecule has 4 rings (SSSR count). The molecule has 1 fully saturated rings. The highest BCUT2D eigenvalue weighted by Crippen LogP contribution is 2.63. The first-order valence-electron chi connectivity index (χ1n) is 9.59. The van der Waals surface area contributed by atoms with Crippen LogP contribution in [-0.4, -0.2) is 19.2 Å². The van der Waals surface area contributed by atoms with Crippen LogP contribution in [0, 0.1) is 18.3 Å². The second-order valence-corrected chi connectivity index (χ2v) is 9.58. The molecule has 1 heterocycles. The predicted octanol–water partition coefficient (Wildman–Crippen LogP) is 5.02. The van der Waals surface area contributed by atoms with E-state index in [1.54, 1.807) is 11.3 Å². The maximum atomic E-state index is 12.8. The van der Waals surface area contributed by atoms with Crippen LogP contribution >= 0.6 is 11.3 Å². The van der Waals surface area contributed by atoms with Gasteiger partial charge in [0.2, 0.25) is 0 Å². The van der Waals surface area contributed by atoms with E-state index in [1.807, 2.05) is 24.3 Å². The van der Waals surface area contributed by atoms with Crippen LogP contribution in [0.5, 0.6) is 5.75 Å². The second-order valence-electron chi connectivity index (χ2n) is 8.35. The van der Waals surface area contributed by atoms with Crippen molar-refractivity contribution in [1.82, 2.24) is 5.32 Å². The van der Waals surface area contributed by atoms with Crippen molar-refractivity contribution >= 4 is 17.2 Å². The van der Waals surface area contributed by atoms with Crippen LogP contribution < -0.4 is 10.1 Å². The number of carbonyl (C=O) groups is 1. The molecule has 0 spiro atoms. The minimum absolute atomic E-state index is 0.0289. The van der Waals surface area contributed by atoms with Crippen molar-refractivity contribution in [3.63, 3.8) is 0 Å². The summed E-state index contributed by atoms with van der Waals surface area (Å²) in [5.74, 6) is 2.02. The highest BCUT2D eigenvalue weighted by Gasteiger charge is 2.53. The summed E-state index contributed by atoms with van der Waals surface area (Å²) < 4.78 is 17.4. The van der Waals surface area contributed by atoms with E-state index in [1.165, 1.54) is 22.4 Å². The van der Waals surface area contributed by atoms with E-state index in [-0.39, 0.29) is 12.5 Å². The van der Waals surface area contributed by atoms with Crippen molar-refractivity contribution in [2.45, 2.75) is 46.1 Å². The number of amides is 1. The van der Waals surface area contributed by atoms with Gasteiger partial charge < -0.3 is 10.1 Å². The Kier molecular flexibility index (Phi) is 4.75. The van der Waals surface area contributed by atoms with E-state index in [2.05, 4.69) is 26.1 Å². The van der Waals surface area contributed by atoms with E-state index < -0.39 is 6.67 Å². The number of halogens is 1. The molecule has 0 aliphatic heterocycles. The topological polar surface area (TPSA) is 38.3 Å². The Labute approximate surface area is 163 Å². The lowest BCUT2D eigenvalue weighted by atomic mass is 9.56. The predicted molar refractivity (Wildman–Crippen MR) is 106 cm³/mol. The summed E-state index contributed by atoms with van der Waals surface area (Å²) in [6, 6.07) is 7.43. The Hall–Kier alpha value is -1.88. The summed E-state index contributed by atoms with van der Waals surface area (Å²) in [6.45, 7) is 6.90. The van der Waals surface area contributed by atoms with Gasteiger partial charge in [-0.25, -0.2) is 4.39 Å². The SMILES string of the molecule is Cc1sc(C(=O)NCc2ccc(OCCF)cc2)c2c1[C@@H]1CC(C)(C)[C@@H]1C2. The zero-order valence-electron chi connectivity index (χ0n) is 16.1. The first kappa shape index (κ1) is 18.5. The van der Waals surface area contributed by atoms with Crippen LogP contribution in [0.15, 0.2) is 24.3 Å². The second kappa shape index (κ2) is 6.93. The zero-order valence-corrected chi connectivity index (χ0v) is 16.9. The average Bonchev–Trinajstić information content (AvgIpc) is 3.14. The zero-order chi connectivity index (χ0) is 19.2. The lowest BCUT2D eigenvalue weighted by Crippen LogP contribution is -2.40. The number of benzene rings is 1. The summed E-state index contributed by atoms with van der Waals surface area (Å²) in [4.78, 5) is 15.0. The standard InChI is InChI=1S/C22H26FNO2S/c1-13-19-16(10-18-17(19)11-22(18,2)3)20(27-13)21(25)24-12-14-4-6-15(7-5-14)26-9-8-23/h4-7,17-18H,8-12H2,1-3H3,(H,24,25)/t17-,18-/m1/s1. The Balaban J connectivity index is 1.42. The smallest absolute Gasteiger partial charge is 0.261 e. The molecule has 0 unspecified atom stereocenters. The van der Waals surface area contributed by atoms with Gasteiger partial charge in [-0.2, -0.15) is 0 Å². The Morgan fingerprint density at radius 2 is 2.07 bits per heavy atom. The van der Waals surface area contributed by atoms with E-state index in [4.69, 9.17) is 4.74 Å². The fourth-order valence-corrected chi connectivity index (χ4v) is 5.96. The van der Waals surface area contributed by atoms with Gasteiger partial charge >= 0.3 is 0 Å². The molecule has 1 aromatic carbocycles. The lowest BCUT2D eigenvalue weighted by Gasteiger charge is -2.48. The largest absolute Gasteiger partial charge is 0.491 e. The average molecular weight is 388 g/mol. The fourth-order valence-electron chi connectivity index (χ4n) is 4.78. The molecule has 144 valence electrons. The third-order valence-electron chi connectivity index (χ3n) is 6.19. The summed E-state index contributed by atoms with van der Waals surface area (Å²) in [6.07, 6.45) is 2.28. The molecule has 1 saturated carbocycles. The lowest BCUT2D eigenvalue weighted by molar-refractivity contribution is 0.0518. The van der Waals surface area contributed by atoms with Gasteiger partial charge in [0.25, 0.3) is 5.91 Å². The van der Waals surface area contributed by atoms with Gasteiger partial charge in [0.1, 0.15) is 19.0 Å². The third-order valence-corrected chi connectivity index (χ3v) is 7.35. The van der Waals surface area contributed by atoms with Crippen LogP contribution in [-0.2, 0) is 13.0 Å². The van der Waals surface area contributed by atoms with E-state index in [9.17, 15) is 9.18 Å². The van der Waals surface area contributed by atoms with Crippen LogP contribution in [0.25, 0.3) is 0 Å². The Morgan fingerprint density at radius 1 is 1.33 bits per heavy atom. The molecular formula is C22H26FNO2S. The van der Waals surface area contributed by atoms with Gasteiger partial charge in [-0.1, -0.05) is 26.0 Å². The van der Waals surface area contributed by atoms with Gasteiger partial charge in [-0.05, 0) is 65.8 Å². The molecule has 0 saturated heterocycles. The molecule has 3 nitrogen and oxygen atoms in total. The Bertz CT molecular complexity index is 856. The van der Waals surface area contributed by atoms with Crippen molar-refractivity contribution in [3.8, 4) is 5.75 Å². The summed E-state index contributed by atoms with van der Waals surface area (Å²) in [5, 5.41) is 3.06. The van der Waals surface area contributed by atoms with Crippen LogP contribution in [0.4, 0.5) is 4.39 Å². The minimum Gasteiger partial charge on any atom is -0.491 e. The minimum atomic E-state index is -0.499. The molecule has 1 N–H and O–H groups in total. The molecule has 27 heavy (non-hydrogen) atoms. The first-order valence-corrected chi connectivity index (χ1v) is 10.4. The number of fused-ring (bicyclic) bond motifs is 3. The monoisotopic (exact) mass is 387 g/mol. The summed E-state index contributed by atoms with van der Waals surface area (Å²) in [7, 11) is 0. The van der Waals surface area contributed by atoms with Crippen LogP contribution in [0.3, 0.4) is 0 Å².